The molecule has 6 nitrogen and oxygen atoms in total. The number of carbonyl (C=O) groups is 1. The zero-order valence-corrected chi connectivity index (χ0v) is 18.9. The number of rotatable bonds is 7. The number of ether oxygens (including phenoxy) is 2. The molecule has 1 unspecified atom stereocenters. The number of aromatic nitrogens is 2. The molecule has 4 rings (SSSR count). The summed E-state index contributed by atoms with van der Waals surface area (Å²) in [7, 11) is 1.58. The zero-order valence-electron chi connectivity index (χ0n) is 16.5. The van der Waals surface area contributed by atoms with Gasteiger partial charge in [-0.15, -0.1) is 0 Å². The quantitative estimate of drug-likeness (QED) is 0.280. The fourth-order valence-corrected chi connectivity index (χ4v) is 4.91. The highest BCUT2D eigenvalue weighted by atomic mass is 79.9. The first-order valence-electron chi connectivity index (χ1n) is 9.67. The second kappa shape index (κ2) is 9.32. The Labute approximate surface area is 186 Å². The number of carbonyl (C=O) groups excluding carboxylic acids is 1. The Balaban J connectivity index is 1.61. The smallest absolute Gasteiger partial charge is 0.262 e. The minimum Gasteiger partial charge on any atom is -0.496 e. The number of methoxy groups -OCH3 is 1. The summed E-state index contributed by atoms with van der Waals surface area (Å²) in [6.45, 7) is 1.16. The lowest BCUT2D eigenvalue weighted by Crippen LogP contribution is -2.29. The van der Waals surface area contributed by atoms with Crippen molar-refractivity contribution in [3.63, 3.8) is 0 Å². The molecule has 2 heterocycles. The van der Waals surface area contributed by atoms with E-state index in [1.807, 2.05) is 18.2 Å². The molecule has 30 heavy (non-hydrogen) atoms. The molecule has 0 radical (unpaired) electrons. The Morgan fingerprint density at radius 3 is 2.90 bits per heavy atom. The van der Waals surface area contributed by atoms with Gasteiger partial charge < -0.3 is 9.47 Å². The number of thioether (sulfide) groups is 1. The summed E-state index contributed by atoms with van der Waals surface area (Å²) in [6.07, 6.45) is 1.91. The third-order valence-corrected chi connectivity index (χ3v) is 6.64. The van der Waals surface area contributed by atoms with Crippen LogP contribution in [0.1, 0.15) is 23.2 Å². The predicted molar refractivity (Wildman–Crippen MR) is 121 cm³/mol. The lowest BCUT2D eigenvalue weighted by Gasteiger charge is -2.16. The molecule has 0 amide bonds. The van der Waals surface area contributed by atoms with Crippen LogP contribution in [0.2, 0.25) is 0 Å². The Bertz CT molecular complexity index is 1140. The zero-order chi connectivity index (χ0) is 21.1. The molecule has 1 fully saturated rings. The molecule has 0 spiro atoms. The third kappa shape index (κ3) is 4.45. The van der Waals surface area contributed by atoms with Crippen molar-refractivity contribution in [2.75, 3.05) is 19.5 Å². The number of benzene rings is 2. The molecule has 156 valence electrons. The van der Waals surface area contributed by atoms with Gasteiger partial charge in [0, 0.05) is 12.2 Å². The molecule has 1 aliphatic rings. The highest BCUT2D eigenvalue weighted by molar-refractivity contribution is 9.10. The molecule has 0 bridgehead atoms. The van der Waals surface area contributed by atoms with Crippen molar-refractivity contribution in [1.82, 2.24) is 9.55 Å². The largest absolute Gasteiger partial charge is 0.496 e. The molecule has 1 atom stereocenters. The van der Waals surface area contributed by atoms with Crippen LogP contribution in [0.5, 0.6) is 5.75 Å². The molecule has 0 N–H and O–H groups in total. The van der Waals surface area contributed by atoms with Crippen molar-refractivity contribution in [1.29, 1.82) is 0 Å². The minimum absolute atomic E-state index is 0.00161. The van der Waals surface area contributed by atoms with Crippen LogP contribution in [-0.2, 0) is 11.3 Å². The maximum Gasteiger partial charge on any atom is 0.262 e. The van der Waals surface area contributed by atoms with E-state index in [0.29, 0.717) is 40.5 Å². The summed E-state index contributed by atoms with van der Waals surface area (Å²) < 4.78 is 13.3. The van der Waals surface area contributed by atoms with E-state index in [-0.39, 0.29) is 23.2 Å². The van der Waals surface area contributed by atoms with Crippen molar-refractivity contribution < 1.29 is 14.3 Å². The van der Waals surface area contributed by atoms with Crippen molar-refractivity contribution in [3.8, 4) is 5.75 Å². The number of hydrogen-bond donors (Lipinski definition) is 0. The summed E-state index contributed by atoms with van der Waals surface area (Å²) >= 11 is 4.69. The van der Waals surface area contributed by atoms with E-state index in [4.69, 9.17) is 9.47 Å². The fraction of sp³-hybridized carbons (Fsp3) is 0.318. The normalized spacial score (nSPS) is 16.1. The highest BCUT2D eigenvalue weighted by Gasteiger charge is 2.21. The van der Waals surface area contributed by atoms with Gasteiger partial charge in [0.15, 0.2) is 10.9 Å². The molecule has 1 saturated heterocycles. The number of ketones is 1. The van der Waals surface area contributed by atoms with Crippen LogP contribution in [0.4, 0.5) is 0 Å². The maximum absolute atomic E-state index is 13.1. The average molecular weight is 489 g/mol. The van der Waals surface area contributed by atoms with Gasteiger partial charge in [0.2, 0.25) is 0 Å². The van der Waals surface area contributed by atoms with E-state index in [9.17, 15) is 9.59 Å². The van der Waals surface area contributed by atoms with E-state index in [2.05, 4.69) is 20.9 Å². The molecule has 2 aromatic carbocycles. The van der Waals surface area contributed by atoms with Crippen LogP contribution in [-0.4, -0.2) is 40.9 Å². The molecule has 3 aromatic rings. The minimum atomic E-state index is -0.0989. The lowest BCUT2D eigenvalue weighted by atomic mass is 10.1. The number of fused-ring (bicyclic) bond motifs is 1. The van der Waals surface area contributed by atoms with Crippen LogP contribution in [0.3, 0.4) is 0 Å². The van der Waals surface area contributed by atoms with E-state index in [1.54, 1.807) is 35.9 Å². The van der Waals surface area contributed by atoms with Crippen molar-refractivity contribution >= 4 is 44.4 Å². The topological polar surface area (TPSA) is 70.4 Å². The van der Waals surface area contributed by atoms with E-state index in [0.717, 1.165) is 17.3 Å². The first-order valence-corrected chi connectivity index (χ1v) is 11.5. The van der Waals surface area contributed by atoms with E-state index >= 15 is 0 Å². The number of Topliss-reactive ketones (excluding diaryl/α,β-unsaturated/α-hetero) is 1. The molecular weight excluding hydrogens is 468 g/mol. The van der Waals surface area contributed by atoms with Crippen LogP contribution < -0.4 is 10.3 Å². The van der Waals surface area contributed by atoms with Gasteiger partial charge in [0.25, 0.3) is 5.56 Å². The fourth-order valence-electron chi connectivity index (χ4n) is 3.46. The maximum atomic E-state index is 13.1. The Hall–Kier alpha value is -2.16. The van der Waals surface area contributed by atoms with Gasteiger partial charge in [-0.25, -0.2) is 4.98 Å². The molecule has 0 saturated carbocycles. The van der Waals surface area contributed by atoms with Crippen LogP contribution in [0, 0.1) is 0 Å². The molecule has 1 aliphatic heterocycles. The van der Waals surface area contributed by atoms with Gasteiger partial charge >= 0.3 is 0 Å². The Morgan fingerprint density at radius 2 is 2.17 bits per heavy atom. The van der Waals surface area contributed by atoms with Gasteiger partial charge in [-0.3, -0.25) is 14.2 Å². The monoisotopic (exact) mass is 488 g/mol. The highest BCUT2D eigenvalue weighted by Crippen LogP contribution is 2.27. The van der Waals surface area contributed by atoms with Crippen LogP contribution in [0.25, 0.3) is 10.9 Å². The third-order valence-electron chi connectivity index (χ3n) is 5.04. The Morgan fingerprint density at radius 1 is 1.33 bits per heavy atom. The van der Waals surface area contributed by atoms with E-state index in [1.165, 1.54) is 11.8 Å². The molecule has 1 aromatic heterocycles. The summed E-state index contributed by atoms with van der Waals surface area (Å²) in [5.41, 5.74) is 1.11. The average Bonchev–Trinajstić information content (AvgIpc) is 3.27. The summed E-state index contributed by atoms with van der Waals surface area (Å²) in [4.78, 5) is 30.5. The van der Waals surface area contributed by atoms with Crippen molar-refractivity contribution in [3.05, 3.63) is 62.9 Å². The molecule has 8 heteroatoms. The second-order valence-corrected chi connectivity index (χ2v) is 8.82. The summed E-state index contributed by atoms with van der Waals surface area (Å²) in [5.74, 6) is 0.796. The van der Waals surface area contributed by atoms with Gasteiger partial charge in [-0.1, -0.05) is 23.9 Å². The number of hydrogen-bond acceptors (Lipinski definition) is 6. The van der Waals surface area contributed by atoms with Crippen molar-refractivity contribution in [2.24, 2.45) is 0 Å². The SMILES string of the molecule is COc1ccc(C(=O)CSc2nc3ccccc3c(=O)n2CC2CCCO2)cc1Br. The number of nitrogens with zero attached hydrogens (tertiary/aromatic N) is 2. The number of para-hydroxylation sites is 1. The Kier molecular flexibility index (Phi) is 6.55. The van der Waals surface area contributed by atoms with Gasteiger partial charge in [-0.05, 0) is 59.1 Å². The van der Waals surface area contributed by atoms with Gasteiger partial charge in [0.05, 0.1) is 40.9 Å². The van der Waals surface area contributed by atoms with Crippen molar-refractivity contribution in [2.45, 2.75) is 30.6 Å². The van der Waals surface area contributed by atoms with Crippen LogP contribution in [0.15, 0.2) is 56.9 Å². The predicted octanol–water partition coefficient (Wildman–Crippen LogP) is 4.32. The second-order valence-electron chi connectivity index (χ2n) is 7.02. The summed E-state index contributed by atoms with van der Waals surface area (Å²) in [5, 5.41) is 1.11. The first kappa shape index (κ1) is 21.1. The number of halogens is 1. The summed E-state index contributed by atoms with van der Waals surface area (Å²) in [6, 6.07) is 12.5. The van der Waals surface area contributed by atoms with Gasteiger partial charge in [0.1, 0.15) is 5.75 Å². The molecular formula is C22H21BrN2O4S. The van der Waals surface area contributed by atoms with Gasteiger partial charge in [-0.2, -0.15) is 0 Å². The standard InChI is InChI=1S/C22H21BrN2O4S/c1-28-20-9-8-14(11-17(20)23)19(26)13-30-22-24-18-7-3-2-6-16(18)21(27)25(22)12-15-5-4-10-29-15/h2-3,6-9,11,15H,4-5,10,12-13H2,1H3. The van der Waals surface area contributed by atoms with E-state index < -0.39 is 0 Å². The lowest BCUT2D eigenvalue weighted by molar-refractivity contribution is 0.0937. The van der Waals surface area contributed by atoms with Crippen LogP contribution >= 0.6 is 27.7 Å². The molecule has 0 aliphatic carbocycles. The first-order chi connectivity index (χ1) is 14.6.